The maximum absolute atomic E-state index is 13.2. The molecule has 1 atom stereocenters. The van der Waals surface area contributed by atoms with E-state index in [4.69, 9.17) is 4.52 Å². The lowest BCUT2D eigenvalue weighted by molar-refractivity contribution is -0.144. The molecule has 1 aromatic carbocycles. The lowest BCUT2D eigenvalue weighted by Gasteiger charge is -2.32. The highest BCUT2D eigenvalue weighted by Gasteiger charge is 2.37. The molecule has 0 N–H and O–H groups in total. The van der Waals surface area contributed by atoms with Crippen molar-refractivity contribution < 1.29 is 22.1 Å². The van der Waals surface area contributed by atoms with Crippen LogP contribution in [-0.4, -0.2) is 42.8 Å². The van der Waals surface area contributed by atoms with Gasteiger partial charge in [-0.25, -0.2) is 9.37 Å². The highest BCUT2D eigenvalue weighted by Crippen LogP contribution is 2.32. The molecule has 1 saturated heterocycles. The summed E-state index contributed by atoms with van der Waals surface area (Å²) in [6, 6.07) is 7.45. The summed E-state index contributed by atoms with van der Waals surface area (Å²) in [5.41, 5.74) is 1.16. The Morgan fingerprint density at radius 2 is 1.88 bits per heavy atom. The third kappa shape index (κ3) is 3.76. The topological polar surface area (TPSA) is 85.2 Å². The lowest BCUT2D eigenvalue weighted by Crippen LogP contribution is -2.36. The fraction of sp³-hybridized carbons (Fsp3) is 0.350. The number of nitrogens with zero attached hydrogens (tertiary/aromatic N) is 7. The van der Waals surface area contributed by atoms with E-state index in [0.717, 1.165) is 17.4 Å². The molecule has 1 aliphatic heterocycles. The first-order valence-electron chi connectivity index (χ1n) is 9.94. The molecule has 32 heavy (non-hydrogen) atoms. The SMILES string of the molecule is Cc1cc(N2CCCC(c3nc(-c4ccc(F)cc4)no3)C2)n2nc(C(F)(F)F)nc2n1. The van der Waals surface area contributed by atoms with E-state index in [0.29, 0.717) is 41.9 Å². The first kappa shape index (κ1) is 20.3. The molecule has 1 unspecified atom stereocenters. The van der Waals surface area contributed by atoms with Crippen molar-refractivity contribution in [3.8, 4) is 11.4 Å². The quantitative estimate of drug-likeness (QED) is 0.439. The number of fused-ring (bicyclic) bond motifs is 1. The molecule has 0 aliphatic carbocycles. The van der Waals surface area contributed by atoms with Gasteiger partial charge < -0.3 is 9.42 Å². The van der Waals surface area contributed by atoms with Crippen LogP contribution in [0.3, 0.4) is 0 Å². The van der Waals surface area contributed by atoms with Crippen molar-refractivity contribution in [1.29, 1.82) is 0 Å². The average molecular weight is 447 g/mol. The molecule has 0 bridgehead atoms. The van der Waals surface area contributed by atoms with Gasteiger partial charge in [0.05, 0.1) is 5.92 Å². The second-order valence-corrected chi connectivity index (χ2v) is 7.65. The van der Waals surface area contributed by atoms with Gasteiger partial charge in [-0.15, -0.1) is 5.10 Å². The molecule has 1 fully saturated rings. The van der Waals surface area contributed by atoms with Crippen molar-refractivity contribution in [1.82, 2.24) is 29.7 Å². The largest absolute Gasteiger partial charge is 0.453 e. The smallest absolute Gasteiger partial charge is 0.356 e. The van der Waals surface area contributed by atoms with E-state index in [1.807, 2.05) is 4.90 Å². The summed E-state index contributed by atoms with van der Waals surface area (Å²) in [5.74, 6) is -0.577. The van der Waals surface area contributed by atoms with Crippen LogP contribution in [0.25, 0.3) is 17.2 Å². The fourth-order valence-corrected chi connectivity index (χ4v) is 3.82. The predicted octanol–water partition coefficient (Wildman–Crippen LogP) is 4.02. The molecule has 4 aromatic rings. The van der Waals surface area contributed by atoms with Crippen LogP contribution in [0.15, 0.2) is 34.9 Å². The molecule has 1 aliphatic rings. The van der Waals surface area contributed by atoms with Gasteiger partial charge in [0, 0.05) is 30.4 Å². The number of aryl methyl sites for hydroxylation is 1. The normalized spacial score (nSPS) is 17.3. The molecule has 0 radical (unpaired) electrons. The highest BCUT2D eigenvalue weighted by molar-refractivity contribution is 5.54. The first-order chi connectivity index (χ1) is 15.3. The van der Waals surface area contributed by atoms with Gasteiger partial charge in [0.25, 0.3) is 11.6 Å². The number of piperidine rings is 1. The number of benzene rings is 1. The summed E-state index contributed by atoms with van der Waals surface area (Å²) in [5, 5.41) is 7.64. The zero-order valence-corrected chi connectivity index (χ0v) is 16.8. The second-order valence-electron chi connectivity index (χ2n) is 7.65. The zero-order valence-electron chi connectivity index (χ0n) is 16.8. The van der Waals surface area contributed by atoms with Crippen molar-refractivity contribution in [2.24, 2.45) is 0 Å². The summed E-state index contributed by atoms with van der Waals surface area (Å²) in [6.45, 7) is 2.76. The summed E-state index contributed by atoms with van der Waals surface area (Å²) >= 11 is 0. The van der Waals surface area contributed by atoms with Gasteiger partial charge in [0.2, 0.25) is 11.7 Å². The molecule has 0 amide bonds. The van der Waals surface area contributed by atoms with Gasteiger partial charge in [0.15, 0.2) is 0 Å². The Hall–Kier alpha value is -3.57. The number of halogens is 4. The number of aromatic nitrogens is 6. The first-order valence-corrected chi connectivity index (χ1v) is 9.94. The van der Waals surface area contributed by atoms with Crippen LogP contribution in [0.4, 0.5) is 23.4 Å². The molecular weight excluding hydrogens is 430 g/mol. The van der Waals surface area contributed by atoms with Gasteiger partial charge in [-0.05, 0) is 44.0 Å². The average Bonchev–Trinajstić information content (AvgIpc) is 3.41. The second kappa shape index (κ2) is 7.53. The minimum Gasteiger partial charge on any atom is -0.356 e. The van der Waals surface area contributed by atoms with Gasteiger partial charge in [0.1, 0.15) is 11.6 Å². The van der Waals surface area contributed by atoms with E-state index in [9.17, 15) is 17.6 Å². The number of hydrogen-bond acceptors (Lipinski definition) is 7. The molecule has 8 nitrogen and oxygen atoms in total. The van der Waals surface area contributed by atoms with E-state index in [1.165, 1.54) is 12.1 Å². The van der Waals surface area contributed by atoms with Crippen molar-refractivity contribution in [2.75, 3.05) is 18.0 Å². The Bertz CT molecular complexity index is 1270. The van der Waals surface area contributed by atoms with Crippen molar-refractivity contribution in [2.45, 2.75) is 31.9 Å². The fourth-order valence-electron chi connectivity index (χ4n) is 3.82. The van der Waals surface area contributed by atoms with Gasteiger partial charge in [-0.2, -0.15) is 27.7 Å². The standard InChI is InChI=1S/C20H17F4N7O/c1-11-9-15(31-19(25-11)27-18(28-31)20(22,23)24)30-8-2-3-13(10-30)17-26-16(29-32-17)12-4-6-14(21)7-5-12/h4-7,9,13H,2-3,8,10H2,1H3. The van der Waals surface area contributed by atoms with Crippen LogP contribution in [0.1, 0.15) is 36.2 Å². The van der Waals surface area contributed by atoms with Crippen LogP contribution in [0.2, 0.25) is 0 Å². The van der Waals surface area contributed by atoms with E-state index < -0.39 is 12.0 Å². The van der Waals surface area contributed by atoms with Crippen LogP contribution in [0, 0.1) is 12.7 Å². The number of alkyl halides is 3. The summed E-state index contributed by atoms with van der Waals surface area (Å²) in [7, 11) is 0. The Kier molecular flexibility index (Phi) is 4.79. The van der Waals surface area contributed by atoms with E-state index >= 15 is 0 Å². The maximum atomic E-state index is 13.2. The lowest BCUT2D eigenvalue weighted by atomic mass is 9.98. The van der Waals surface area contributed by atoms with Gasteiger partial charge >= 0.3 is 6.18 Å². The third-order valence-corrected chi connectivity index (χ3v) is 5.31. The molecule has 5 rings (SSSR count). The molecular formula is C20H17F4N7O. The third-order valence-electron chi connectivity index (χ3n) is 5.31. The summed E-state index contributed by atoms with van der Waals surface area (Å²) < 4.78 is 59.1. The van der Waals surface area contributed by atoms with E-state index in [1.54, 1.807) is 25.1 Å². The van der Waals surface area contributed by atoms with Crippen molar-refractivity contribution >= 4 is 11.6 Å². The number of anilines is 1. The highest BCUT2D eigenvalue weighted by atomic mass is 19.4. The van der Waals surface area contributed by atoms with Gasteiger partial charge in [-0.3, -0.25) is 0 Å². The van der Waals surface area contributed by atoms with Crippen molar-refractivity contribution in [3.05, 3.63) is 53.6 Å². The van der Waals surface area contributed by atoms with E-state index in [2.05, 4.69) is 25.2 Å². The van der Waals surface area contributed by atoms with Crippen LogP contribution in [0.5, 0.6) is 0 Å². The molecule has 3 aromatic heterocycles. The van der Waals surface area contributed by atoms with Gasteiger partial charge in [-0.1, -0.05) is 5.16 Å². The molecule has 0 spiro atoms. The summed E-state index contributed by atoms with van der Waals surface area (Å²) in [6.07, 6.45) is -3.12. The molecule has 12 heteroatoms. The number of rotatable bonds is 3. The maximum Gasteiger partial charge on any atom is 0.453 e. The zero-order chi connectivity index (χ0) is 22.5. The molecule has 0 saturated carbocycles. The monoisotopic (exact) mass is 447 g/mol. The Labute approximate surface area is 178 Å². The Morgan fingerprint density at radius 1 is 1.09 bits per heavy atom. The van der Waals surface area contributed by atoms with Crippen LogP contribution >= 0.6 is 0 Å². The Morgan fingerprint density at radius 3 is 2.62 bits per heavy atom. The minimum atomic E-state index is -4.66. The summed E-state index contributed by atoms with van der Waals surface area (Å²) in [4.78, 5) is 14.0. The predicted molar refractivity (Wildman–Crippen MR) is 104 cm³/mol. The Balaban J connectivity index is 1.44. The number of hydrogen-bond donors (Lipinski definition) is 0. The van der Waals surface area contributed by atoms with Crippen LogP contribution in [-0.2, 0) is 6.18 Å². The molecule has 4 heterocycles. The van der Waals surface area contributed by atoms with Crippen LogP contribution < -0.4 is 4.90 Å². The molecule has 166 valence electrons. The minimum absolute atomic E-state index is 0.106. The van der Waals surface area contributed by atoms with E-state index in [-0.39, 0.29) is 17.5 Å². The van der Waals surface area contributed by atoms with Crippen molar-refractivity contribution in [3.63, 3.8) is 0 Å².